The van der Waals surface area contributed by atoms with Crippen LogP contribution in [0.1, 0.15) is 0 Å². The molecule has 18 heavy (non-hydrogen) atoms. The van der Waals surface area contributed by atoms with Crippen LogP contribution in [0.15, 0.2) is 46.5 Å². The number of benzene rings is 1. The number of aromatic hydroxyl groups is 1. The normalized spacial score (nSPS) is 10.3. The zero-order valence-corrected chi connectivity index (χ0v) is 10.5. The second-order valence-electron chi connectivity index (χ2n) is 3.33. The number of rotatable bonds is 3. The predicted molar refractivity (Wildman–Crippen MR) is 68.1 cm³/mol. The molecule has 1 aromatic carbocycles. The van der Waals surface area contributed by atoms with Crippen LogP contribution in [0.4, 0.5) is 5.69 Å². The van der Waals surface area contributed by atoms with Gasteiger partial charge in [-0.1, -0.05) is 23.4 Å². The number of hydrogen-bond donors (Lipinski definition) is 1. The van der Waals surface area contributed by atoms with Crippen LogP contribution in [0.5, 0.6) is 5.75 Å². The van der Waals surface area contributed by atoms with Crippen LogP contribution in [-0.4, -0.2) is 15.0 Å². The maximum atomic E-state index is 10.5. The summed E-state index contributed by atoms with van der Waals surface area (Å²) in [5.74, 6) is 0.169. The topological polar surface area (TPSA) is 76.3 Å². The van der Waals surface area contributed by atoms with Crippen molar-refractivity contribution in [1.82, 2.24) is 4.98 Å². The summed E-state index contributed by atoms with van der Waals surface area (Å²) in [5.41, 5.74) is -0.143. The van der Waals surface area contributed by atoms with E-state index in [0.29, 0.717) is 5.03 Å². The van der Waals surface area contributed by atoms with E-state index in [-0.39, 0.29) is 16.5 Å². The van der Waals surface area contributed by atoms with Crippen molar-refractivity contribution < 1.29 is 10.0 Å². The van der Waals surface area contributed by atoms with Crippen LogP contribution in [0.3, 0.4) is 0 Å². The summed E-state index contributed by atoms with van der Waals surface area (Å²) in [5, 5.41) is 20.4. The zero-order chi connectivity index (χ0) is 13.1. The molecule has 0 saturated heterocycles. The van der Waals surface area contributed by atoms with Crippen LogP contribution < -0.4 is 0 Å². The minimum Gasteiger partial charge on any atom is -0.508 e. The number of aromatic nitrogens is 1. The lowest BCUT2D eigenvalue weighted by atomic mass is 10.3. The van der Waals surface area contributed by atoms with Gasteiger partial charge in [-0.3, -0.25) is 10.1 Å². The van der Waals surface area contributed by atoms with E-state index in [9.17, 15) is 10.1 Å². The standard InChI is InChI=1S/C11H7ClN2O3S/c12-10-5-7(14(16)17)6-13-11(10)18-9-3-1-8(15)2-4-9/h1-6,15H. The van der Waals surface area contributed by atoms with Crippen molar-refractivity contribution in [3.63, 3.8) is 0 Å². The van der Waals surface area contributed by atoms with E-state index < -0.39 is 4.92 Å². The van der Waals surface area contributed by atoms with Gasteiger partial charge in [0.15, 0.2) is 0 Å². The van der Waals surface area contributed by atoms with Gasteiger partial charge in [0.25, 0.3) is 5.69 Å². The Morgan fingerprint density at radius 3 is 2.56 bits per heavy atom. The second-order valence-corrected chi connectivity index (χ2v) is 4.80. The average molecular weight is 283 g/mol. The fourth-order valence-electron chi connectivity index (χ4n) is 1.22. The Morgan fingerprint density at radius 1 is 1.33 bits per heavy atom. The number of halogens is 1. The fraction of sp³-hybridized carbons (Fsp3) is 0. The number of phenolic OH excluding ortho intramolecular Hbond substituents is 1. The van der Waals surface area contributed by atoms with E-state index in [2.05, 4.69) is 4.98 Å². The van der Waals surface area contributed by atoms with Crippen LogP contribution in [0.2, 0.25) is 5.02 Å². The lowest BCUT2D eigenvalue weighted by Crippen LogP contribution is -1.90. The van der Waals surface area contributed by atoms with E-state index in [1.807, 2.05) is 0 Å². The van der Waals surface area contributed by atoms with E-state index in [1.165, 1.54) is 17.8 Å². The maximum absolute atomic E-state index is 10.5. The molecule has 0 spiro atoms. The van der Waals surface area contributed by atoms with Crippen LogP contribution in [-0.2, 0) is 0 Å². The first-order valence-electron chi connectivity index (χ1n) is 4.83. The van der Waals surface area contributed by atoms with Crippen molar-refractivity contribution >= 4 is 29.1 Å². The van der Waals surface area contributed by atoms with Crippen molar-refractivity contribution in [1.29, 1.82) is 0 Å². The molecule has 0 atom stereocenters. The Bertz CT molecular complexity index is 589. The van der Waals surface area contributed by atoms with Crippen molar-refractivity contribution in [2.75, 3.05) is 0 Å². The van der Waals surface area contributed by atoms with Crippen molar-refractivity contribution in [2.45, 2.75) is 9.92 Å². The summed E-state index contributed by atoms with van der Waals surface area (Å²) in [4.78, 5) is 14.8. The summed E-state index contributed by atoms with van der Waals surface area (Å²) in [6.45, 7) is 0. The minimum atomic E-state index is -0.548. The Balaban J connectivity index is 2.24. The van der Waals surface area contributed by atoms with E-state index in [0.717, 1.165) is 11.1 Å². The van der Waals surface area contributed by atoms with Gasteiger partial charge < -0.3 is 5.11 Å². The molecule has 5 nitrogen and oxygen atoms in total. The SMILES string of the molecule is O=[N+]([O-])c1cnc(Sc2ccc(O)cc2)c(Cl)c1. The number of nitro groups is 1. The summed E-state index contributed by atoms with van der Waals surface area (Å²) >= 11 is 7.18. The molecule has 7 heteroatoms. The van der Waals surface area contributed by atoms with Crippen molar-refractivity contribution in [3.8, 4) is 5.75 Å². The average Bonchev–Trinajstić information content (AvgIpc) is 2.34. The Hall–Kier alpha value is -1.79. The maximum Gasteiger partial charge on any atom is 0.289 e. The summed E-state index contributed by atoms with van der Waals surface area (Å²) in [6, 6.07) is 7.76. The third kappa shape index (κ3) is 2.91. The third-order valence-electron chi connectivity index (χ3n) is 2.06. The molecule has 0 radical (unpaired) electrons. The fourth-order valence-corrected chi connectivity index (χ4v) is 2.25. The molecular formula is C11H7ClN2O3S. The van der Waals surface area contributed by atoms with Gasteiger partial charge in [-0.2, -0.15) is 0 Å². The van der Waals surface area contributed by atoms with Gasteiger partial charge in [-0.05, 0) is 24.3 Å². The highest BCUT2D eigenvalue weighted by Gasteiger charge is 2.11. The smallest absolute Gasteiger partial charge is 0.289 e. The van der Waals surface area contributed by atoms with E-state index in [4.69, 9.17) is 16.7 Å². The van der Waals surface area contributed by atoms with Crippen LogP contribution in [0.25, 0.3) is 0 Å². The molecule has 0 aliphatic rings. The molecule has 0 aliphatic heterocycles. The molecular weight excluding hydrogens is 276 g/mol. The molecule has 0 fully saturated rings. The first kappa shape index (κ1) is 12.7. The number of pyridine rings is 1. The molecule has 92 valence electrons. The van der Waals surface area contributed by atoms with Crippen molar-refractivity contribution in [3.05, 3.63) is 51.7 Å². The Morgan fingerprint density at radius 2 is 2.00 bits per heavy atom. The minimum absolute atomic E-state index is 0.143. The predicted octanol–water partition coefficient (Wildman–Crippen LogP) is 3.50. The largest absolute Gasteiger partial charge is 0.508 e. The molecule has 1 heterocycles. The second kappa shape index (κ2) is 5.24. The third-order valence-corrected chi connectivity index (χ3v) is 3.48. The Kier molecular flexibility index (Phi) is 3.69. The van der Waals surface area contributed by atoms with E-state index in [1.54, 1.807) is 24.3 Å². The van der Waals surface area contributed by atoms with Crippen LogP contribution in [0, 0.1) is 10.1 Å². The van der Waals surface area contributed by atoms with Crippen LogP contribution >= 0.6 is 23.4 Å². The van der Waals surface area contributed by atoms with Gasteiger partial charge in [-0.25, -0.2) is 4.98 Å². The molecule has 2 aromatic rings. The molecule has 0 aliphatic carbocycles. The summed E-state index contributed by atoms with van der Waals surface area (Å²) < 4.78 is 0. The first-order chi connectivity index (χ1) is 8.56. The summed E-state index contributed by atoms with van der Waals surface area (Å²) in [6.07, 6.45) is 1.16. The highest BCUT2D eigenvalue weighted by molar-refractivity contribution is 7.99. The molecule has 1 aromatic heterocycles. The van der Waals surface area contributed by atoms with Gasteiger partial charge in [-0.15, -0.1) is 0 Å². The number of nitrogens with zero attached hydrogens (tertiary/aromatic N) is 2. The molecule has 0 amide bonds. The van der Waals surface area contributed by atoms with Gasteiger partial charge in [0.1, 0.15) is 17.0 Å². The molecule has 1 N–H and O–H groups in total. The quantitative estimate of drug-likeness (QED) is 0.689. The van der Waals surface area contributed by atoms with E-state index >= 15 is 0 Å². The highest BCUT2D eigenvalue weighted by atomic mass is 35.5. The lowest BCUT2D eigenvalue weighted by Gasteiger charge is -2.03. The lowest BCUT2D eigenvalue weighted by molar-refractivity contribution is -0.385. The molecule has 0 saturated carbocycles. The monoisotopic (exact) mass is 282 g/mol. The number of phenols is 1. The first-order valence-corrected chi connectivity index (χ1v) is 6.02. The summed E-state index contributed by atoms with van der Waals surface area (Å²) in [7, 11) is 0. The van der Waals surface area contributed by atoms with Crippen molar-refractivity contribution in [2.24, 2.45) is 0 Å². The van der Waals surface area contributed by atoms with Gasteiger partial charge in [0.2, 0.25) is 0 Å². The highest BCUT2D eigenvalue weighted by Crippen LogP contribution is 2.33. The van der Waals surface area contributed by atoms with Gasteiger partial charge >= 0.3 is 0 Å². The molecule has 0 bridgehead atoms. The van der Waals surface area contributed by atoms with Gasteiger partial charge in [0, 0.05) is 11.0 Å². The number of hydrogen-bond acceptors (Lipinski definition) is 5. The zero-order valence-electron chi connectivity index (χ0n) is 8.91. The molecule has 0 unspecified atom stereocenters. The molecule has 2 rings (SSSR count). The van der Waals surface area contributed by atoms with Gasteiger partial charge in [0.05, 0.1) is 9.95 Å². The Labute approximate surface area is 112 Å².